The average molecular weight is 344 g/mol. The van der Waals surface area contributed by atoms with Crippen LogP contribution in [0.2, 0.25) is 0 Å². The quantitative estimate of drug-likeness (QED) is 0.580. The molecule has 0 heterocycles. The molecule has 5 heteroatoms. The fourth-order valence-corrected chi connectivity index (χ4v) is 2.03. The summed E-state index contributed by atoms with van der Waals surface area (Å²) in [5.41, 5.74) is 1.00. The Bertz CT molecular complexity index is 437. The van der Waals surface area contributed by atoms with Gasteiger partial charge in [0.1, 0.15) is 5.75 Å². The molecule has 0 bridgehead atoms. The van der Waals surface area contributed by atoms with Gasteiger partial charge in [-0.3, -0.25) is 0 Å². The van der Waals surface area contributed by atoms with Crippen molar-refractivity contribution in [2.45, 2.75) is 32.7 Å². The third-order valence-corrected chi connectivity index (χ3v) is 3.47. The number of carbonyl (C=O) groups excluding carboxylic acids is 1. The van der Waals surface area contributed by atoms with Crippen LogP contribution in [0.5, 0.6) is 5.75 Å². The lowest BCUT2D eigenvalue weighted by atomic mass is 10.1. The molecule has 1 atom stereocenters. The summed E-state index contributed by atoms with van der Waals surface area (Å²) in [6.07, 6.45) is 1.89. The second kappa shape index (κ2) is 8.97. The van der Waals surface area contributed by atoms with E-state index in [1.54, 1.807) is 0 Å². The Balaban J connectivity index is 2.61. The summed E-state index contributed by atoms with van der Waals surface area (Å²) in [6, 6.07) is 5.87. The van der Waals surface area contributed by atoms with Crippen molar-refractivity contribution in [3.05, 3.63) is 28.2 Å². The number of hydrogen-bond donors (Lipinski definition) is 1. The predicted octanol–water partition coefficient (Wildman–Crippen LogP) is 3.45. The van der Waals surface area contributed by atoms with E-state index in [0.717, 1.165) is 22.9 Å². The Hall–Kier alpha value is -1.07. The molecular formula is C15H22BrNO3. The zero-order valence-electron chi connectivity index (χ0n) is 12.2. The molecule has 1 unspecified atom stereocenters. The SMILES string of the molecule is CCCCOC(=O)COc1ccc(Br)cc1C(C)NC. The predicted molar refractivity (Wildman–Crippen MR) is 83.0 cm³/mol. The molecule has 0 fully saturated rings. The average Bonchev–Trinajstić information content (AvgIpc) is 2.45. The minimum atomic E-state index is -0.329. The Morgan fingerprint density at radius 3 is 2.85 bits per heavy atom. The molecule has 4 nitrogen and oxygen atoms in total. The molecule has 0 radical (unpaired) electrons. The molecule has 0 aromatic heterocycles. The number of rotatable bonds is 8. The molecule has 112 valence electrons. The molecule has 0 spiro atoms. The lowest BCUT2D eigenvalue weighted by Gasteiger charge is -2.16. The van der Waals surface area contributed by atoms with Crippen LogP contribution in [0.25, 0.3) is 0 Å². The first-order valence-electron chi connectivity index (χ1n) is 6.83. The molecule has 20 heavy (non-hydrogen) atoms. The normalized spacial score (nSPS) is 12.0. The van der Waals surface area contributed by atoms with Crippen molar-refractivity contribution in [3.8, 4) is 5.75 Å². The summed E-state index contributed by atoms with van der Waals surface area (Å²) in [5.74, 6) is 0.368. The summed E-state index contributed by atoms with van der Waals surface area (Å²) >= 11 is 3.44. The van der Waals surface area contributed by atoms with E-state index in [1.807, 2.05) is 32.2 Å². The fourth-order valence-electron chi connectivity index (χ4n) is 1.65. The van der Waals surface area contributed by atoms with Crippen LogP contribution in [-0.4, -0.2) is 26.2 Å². The van der Waals surface area contributed by atoms with Crippen LogP contribution in [-0.2, 0) is 9.53 Å². The maximum atomic E-state index is 11.5. The first-order chi connectivity index (χ1) is 9.58. The topological polar surface area (TPSA) is 47.6 Å². The number of esters is 1. The van der Waals surface area contributed by atoms with Crippen molar-refractivity contribution in [2.24, 2.45) is 0 Å². The number of hydrogen-bond acceptors (Lipinski definition) is 4. The van der Waals surface area contributed by atoms with Gasteiger partial charge in [-0.2, -0.15) is 0 Å². The van der Waals surface area contributed by atoms with Gasteiger partial charge in [-0.25, -0.2) is 4.79 Å². The molecular weight excluding hydrogens is 322 g/mol. The highest BCUT2D eigenvalue weighted by Gasteiger charge is 2.12. The number of unbranched alkanes of at least 4 members (excludes halogenated alkanes) is 1. The van der Waals surface area contributed by atoms with Gasteiger partial charge in [-0.05, 0) is 38.6 Å². The zero-order chi connectivity index (χ0) is 15.0. The van der Waals surface area contributed by atoms with Gasteiger partial charge in [0.05, 0.1) is 6.61 Å². The molecule has 0 saturated heterocycles. The van der Waals surface area contributed by atoms with E-state index in [1.165, 1.54) is 0 Å². The molecule has 0 aliphatic rings. The number of carbonyl (C=O) groups is 1. The molecule has 0 saturated carbocycles. The van der Waals surface area contributed by atoms with Gasteiger partial charge in [-0.15, -0.1) is 0 Å². The van der Waals surface area contributed by atoms with Crippen LogP contribution in [0.1, 0.15) is 38.3 Å². The van der Waals surface area contributed by atoms with E-state index in [9.17, 15) is 4.79 Å². The minimum Gasteiger partial charge on any atom is -0.482 e. The summed E-state index contributed by atoms with van der Waals surface area (Å²) in [4.78, 5) is 11.5. The largest absolute Gasteiger partial charge is 0.482 e. The second-order valence-electron chi connectivity index (χ2n) is 4.56. The number of nitrogens with one attached hydrogen (secondary N) is 1. The van der Waals surface area contributed by atoms with E-state index < -0.39 is 0 Å². The first-order valence-corrected chi connectivity index (χ1v) is 7.63. The van der Waals surface area contributed by atoms with Crippen LogP contribution in [0.15, 0.2) is 22.7 Å². The lowest BCUT2D eigenvalue weighted by molar-refractivity contribution is -0.146. The van der Waals surface area contributed by atoms with Crippen molar-refractivity contribution in [2.75, 3.05) is 20.3 Å². The molecule has 0 aliphatic heterocycles. The molecule has 0 aliphatic carbocycles. The Morgan fingerprint density at radius 2 is 2.20 bits per heavy atom. The fraction of sp³-hybridized carbons (Fsp3) is 0.533. The van der Waals surface area contributed by atoms with E-state index in [-0.39, 0.29) is 18.6 Å². The summed E-state index contributed by atoms with van der Waals surface area (Å²) in [6.45, 7) is 4.49. The third-order valence-electron chi connectivity index (χ3n) is 2.98. The number of benzene rings is 1. The summed E-state index contributed by atoms with van der Waals surface area (Å²) < 4.78 is 11.6. The molecule has 1 aromatic rings. The highest BCUT2D eigenvalue weighted by Crippen LogP contribution is 2.28. The van der Waals surface area contributed by atoms with Gasteiger partial charge in [0.2, 0.25) is 0 Å². The van der Waals surface area contributed by atoms with Crippen molar-refractivity contribution < 1.29 is 14.3 Å². The molecule has 1 N–H and O–H groups in total. The number of halogens is 1. The summed E-state index contributed by atoms with van der Waals surface area (Å²) in [7, 11) is 1.88. The van der Waals surface area contributed by atoms with Crippen LogP contribution in [0, 0.1) is 0 Å². The highest BCUT2D eigenvalue weighted by atomic mass is 79.9. The van der Waals surface area contributed by atoms with Crippen LogP contribution >= 0.6 is 15.9 Å². The van der Waals surface area contributed by atoms with Crippen LogP contribution in [0.3, 0.4) is 0 Å². The zero-order valence-corrected chi connectivity index (χ0v) is 13.8. The van der Waals surface area contributed by atoms with Gasteiger partial charge in [0.15, 0.2) is 6.61 Å². The van der Waals surface area contributed by atoms with Crippen molar-refractivity contribution in [1.82, 2.24) is 5.32 Å². The minimum absolute atomic E-state index is 0.0607. The number of ether oxygens (including phenoxy) is 2. The standard InChI is InChI=1S/C15H22BrNO3/c1-4-5-8-19-15(18)10-20-14-7-6-12(16)9-13(14)11(2)17-3/h6-7,9,11,17H,4-5,8,10H2,1-3H3. The van der Waals surface area contributed by atoms with Gasteiger partial charge in [0.25, 0.3) is 0 Å². The van der Waals surface area contributed by atoms with Crippen LogP contribution in [0.4, 0.5) is 0 Å². The van der Waals surface area contributed by atoms with Gasteiger partial charge in [0, 0.05) is 16.1 Å². The molecule has 1 aromatic carbocycles. The monoisotopic (exact) mass is 343 g/mol. The maximum absolute atomic E-state index is 11.5. The van der Waals surface area contributed by atoms with Gasteiger partial charge >= 0.3 is 5.97 Å². The van der Waals surface area contributed by atoms with Gasteiger partial charge in [-0.1, -0.05) is 29.3 Å². The van der Waals surface area contributed by atoms with E-state index >= 15 is 0 Å². The third kappa shape index (κ3) is 5.51. The van der Waals surface area contributed by atoms with Crippen molar-refractivity contribution >= 4 is 21.9 Å². The smallest absolute Gasteiger partial charge is 0.344 e. The summed E-state index contributed by atoms with van der Waals surface area (Å²) in [5, 5.41) is 3.16. The van der Waals surface area contributed by atoms with Crippen molar-refractivity contribution in [1.29, 1.82) is 0 Å². The van der Waals surface area contributed by atoms with E-state index in [4.69, 9.17) is 9.47 Å². The first kappa shape index (κ1) is 17.0. The highest BCUT2D eigenvalue weighted by molar-refractivity contribution is 9.10. The van der Waals surface area contributed by atoms with E-state index in [2.05, 4.69) is 28.2 Å². The Kier molecular flexibility index (Phi) is 7.62. The second-order valence-corrected chi connectivity index (χ2v) is 5.47. The maximum Gasteiger partial charge on any atom is 0.344 e. The van der Waals surface area contributed by atoms with Gasteiger partial charge < -0.3 is 14.8 Å². The lowest BCUT2D eigenvalue weighted by Crippen LogP contribution is -2.18. The van der Waals surface area contributed by atoms with E-state index in [0.29, 0.717) is 12.4 Å². The molecule has 0 amide bonds. The molecule has 1 rings (SSSR count). The Labute approximate surface area is 129 Å². The van der Waals surface area contributed by atoms with Crippen molar-refractivity contribution in [3.63, 3.8) is 0 Å². The van der Waals surface area contributed by atoms with Crippen LogP contribution < -0.4 is 10.1 Å². The Morgan fingerprint density at radius 1 is 1.45 bits per heavy atom.